The third kappa shape index (κ3) is 4.63. The fourth-order valence-electron chi connectivity index (χ4n) is 2.58. The van der Waals surface area contributed by atoms with Crippen LogP contribution in [-0.4, -0.2) is 51.3 Å². The summed E-state index contributed by atoms with van der Waals surface area (Å²) in [6.07, 6.45) is 0. The van der Waals surface area contributed by atoms with Crippen LogP contribution in [0.25, 0.3) is 0 Å². The molecule has 0 radical (unpaired) electrons. The Labute approximate surface area is 154 Å². The maximum Gasteiger partial charge on any atom is 0.264 e. The molecule has 7 nitrogen and oxygen atoms in total. The summed E-state index contributed by atoms with van der Waals surface area (Å²) in [5.74, 6) is -0.985. The van der Waals surface area contributed by atoms with E-state index in [0.717, 1.165) is 5.69 Å². The average molecular weight is 379 g/mol. The van der Waals surface area contributed by atoms with Gasteiger partial charge in [0, 0.05) is 43.4 Å². The molecule has 1 aromatic rings. The normalized spacial score (nSPS) is 15.1. The van der Waals surface area contributed by atoms with E-state index in [1.54, 1.807) is 37.8 Å². The molecule has 2 rings (SSSR count). The highest BCUT2D eigenvalue weighted by Gasteiger charge is 2.23. The molecule has 0 aromatic heterocycles. The van der Waals surface area contributed by atoms with Gasteiger partial charge in [0.15, 0.2) is 0 Å². The summed E-state index contributed by atoms with van der Waals surface area (Å²) in [5, 5.41) is 0. The van der Waals surface area contributed by atoms with Gasteiger partial charge < -0.3 is 9.80 Å². The Balaban J connectivity index is 2.03. The predicted octanol–water partition coefficient (Wildman–Crippen LogP) is 1.37. The van der Waals surface area contributed by atoms with Crippen molar-refractivity contribution in [2.75, 3.05) is 31.1 Å². The molecule has 142 valence electrons. The monoisotopic (exact) mass is 379 g/mol. The first-order valence-electron chi connectivity index (χ1n) is 8.48. The van der Waals surface area contributed by atoms with E-state index >= 15 is 0 Å². The van der Waals surface area contributed by atoms with Crippen LogP contribution in [0.1, 0.15) is 20.8 Å². The van der Waals surface area contributed by atoms with Gasteiger partial charge in [0.2, 0.25) is 11.8 Å². The van der Waals surface area contributed by atoms with Crippen molar-refractivity contribution in [2.24, 2.45) is 5.92 Å². The standard InChI is InChI=1S/C18H25N3O4S/c1-13(2)17(22)19-26(24,25)16-7-5-15(6-8-16)20-9-11-21(12-10-20)18(23)14(3)4/h5-8,13H,3,9-12H2,1-2,4H3,(H,19,22). The van der Waals surface area contributed by atoms with Gasteiger partial charge in [-0.05, 0) is 31.2 Å². The van der Waals surface area contributed by atoms with Crippen LogP contribution >= 0.6 is 0 Å². The molecule has 0 spiro atoms. The first-order chi connectivity index (χ1) is 12.1. The van der Waals surface area contributed by atoms with Crippen molar-refractivity contribution in [2.45, 2.75) is 25.7 Å². The number of benzene rings is 1. The number of piperazine rings is 1. The van der Waals surface area contributed by atoms with Crippen LogP contribution in [0, 0.1) is 5.92 Å². The summed E-state index contributed by atoms with van der Waals surface area (Å²) in [6.45, 7) is 11.2. The molecule has 2 amide bonds. The third-order valence-corrected chi connectivity index (χ3v) is 5.57. The van der Waals surface area contributed by atoms with Gasteiger partial charge in [-0.15, -0.1) is 0 Å². The highest BCUT2D eigenvalue weighted by atomic mass is 32.2. The number of anilines is 1. The number of hydrogen-bond donors (Lipinski definition) is 1. The average Bonchev–Trinajstić information content (AvgIpc) is 2.60. The maximum atomic E-state index is 12.2. The molecule has 1 aliphatic rings. The number of carbonyl (C=O) groups excluding carboxylic acids is 2. The highest BCUT2D eigenvalue weighted by Crippen LogP contribution is 2.20. The van der Waals surface area contributed by atoms with Crippen molar-refractivity contribution in [1.29, 1.82) is 0 Å². The second-order valence-corrected chi connectivity index (χ2v) is 8.36. The lowest BCUT2D eigenvalue weighted by atomic mass is 10.2. The van der Waals surface area contributed by atoms with Crippen molar-refractivity contribution in [3.63, 3.8) is 0 Å². The number of rotatable bonds is 5. The van der Waals surface area contributed by atoms with Crippen LogP contribution < -0.4 is 9.62 Å². The number of hydrogen-bond acceptors (Lipinski definition) is 5. The van der Waals surface area contributed by atoms with E-state index in [2.05, 4.69) is 16.2 Å². The number of amides is 2. The van der Waals surface area contributed by atoms with E-state index in [-0.39, 0.29) is 10.8 Å². The van der Waals surface area contributed by atoms with Gasteiger partial charge >= 0.3 is 0 Å². The van der Waals surface area contributed by atoms with Crippen LogP contribution in [0.15, 0.2) is 41.3 Å². The molecule has 8 heteroatoms. The lowest BCUT2D eigenvalue weighted by Crippen LogP contribution is -2.49. The fourth-order valence-corrected chi connectivity index (χ4v) is 3.70. The van der Waals surface area contributed by atoms with Crippen LogP contribution in [0.4, 0.5) is 5.69 Å². The molecule has 0 aliphatic carbocycles. The van der Waals surface area contributed by atoms with Crippen molar-refractivity contribution < 1.29 is 18.0 Å². The van der Waals surface area contributed by atoms with E-state index in [1.165, 1.54) is 12.1 Å². The van der Waals surface area contributed by atoms with E-state index in [1.807, 2.05) is 0 Å². The van der Waals surface area contributed by atoms with Crippen LogP contribution in [-0.2, 0) is 19.6 Å². The van der Waals surface area contributed by atoms with Crippen molar-refractivity contribution in [3.05, 3.63) is 36.4 Å². The van der Waals surface area contributed by atoms with Gasteiger partial charge in [-0.1, -0.05) is 20.4 Å². The number of sulfonamides is 1. The molecule has 1 N–H and O–H groups in total. The number of carbonyl (C=O) groups is 2. The Hall–Kier alpha value is -2.35. The lowest BCUT2D eigenvalue weighted by molar-refractivity contribution is -0.127. The minimum atomic E-state index is -3.86. The fraction of sp³-hybridized carbons (Fsp3) is 0.444. The molecule has 1 fully saturated rings. The first kappa shape index (κ1) is 20.0. The molecule has 26 heavy (non-hydrogen) atoms. The number of nitrogens with zero attached hydrogens (tertiary/aromatic N) is 2. The van der Waals surface area contributed by atoms with Gasteiger partial charge in [-0.3, -0.25) is 9.59 Å². The smallest absolute Gasteiger partial charge is 0.264 e. The summed E-state index contributed by atoms with van der Waals surface area (Å²) in [5.41, 5.74) is 1.40. The Kier molecular flexibility index (Phi) is 6.07. The van der Waals surface area contributed by atoms with E-state index in [4.69, 9.17) is 0 Å². The molecule has 1 aliphatic heterocycles. The second kappa shape index (κ2) is 7.90. The van der Waals surface area contributed by atoms with E-state index in [9.17, 15) is 18.0 Å². The van der Waals surface area contributed by atoms with Gasteiger partial charge in [0.1, 0.15) is 0 Å². The summed E-state index contributed by atoms with van der Waals surface area (Å²) in [6, 6.07) is 6.39. The van der Waals surface area contributed by atoms with Gasteiger partial charge in [-0.25, -0.2) is 13.1 Å². The zero-order valence-electron chi connectivity index (χ0n) is 15.4. The quantitative estimate of drug-likeness (QED) is 0.781. The minimum Gasteiger partial charge on any atom is -0.368 e. The summed E-state index contributed by atoms with van der Waals surface area (Å²) >= 11 is 0. The highest BCUT2D eigenvalue weighted by molar-refractivity contribution is 7.90. The minimum absolute atomic E-state index is 0.0352. The molecule has 1 heterocycles. The summed E-state index contributed by atoms with van der Waals surface area (Å²) < 4.78 is 26.5. The van der Waals surface area contributed by atoms with Crippen LogP contribution in [0.5, 0.6) is 0 Å². The zero-order chi connectivity index (χ0) is 19.5. The largest absolute Gasteiger partial charge is 0.368 e. The predicted molar refractivity (Wildman–Crippen MR) is 100 cm³/mol. The third-order valence-electron chi connectivity index (χ3n) is 4.20. The lowest BCUT2D eigenvalue weighted by Gasteiger charge is -2.36. The van der Waals surface area contributed by atoms with Gasteiger partial charge in [0.05, 0.1) is 4.90 Å². The maximum absolute atomic E-state index is 12.2. The molecule has 0 saturated carbocycles. The summed E-state index contributed by atoms with van der Waals surface area (Å²) in [4.78, 5) is 27.5. The molecular weight excluding hydrogens is 354 g/mol. The molecule has 1 aromatic carbocycles. The topological polar surface area (TPSA) is 86.8 Å². The number of nitrogens with one attached hydrogen (secondary N) is 1. The molecule has 0 bridgehead atoms. The summed E-state index contributed by atoms with van der Waals surface area (Å²) in [7, 11) is -3.86. The Morgan fingerprint density at radius 2 is 1.62 bits per heavy atom. The van der Waals surface area contributed by atoms with Crippen LogP contribution in [0.3, 0.4) is 0 Å². The van der Waals surface area contributed by atoms with E-state index < -0.39 is 21.8 Å². The Morgan fingerprint density at radius 1 is 1.08 bits per heavy atom. The molecular formula is C18H25N3O4S. The van der Waals surface area contributed by atoms with Crippen molar-refractivity contribution in [3.8, 4) is 0 Å². The van der Waals surface area contributed by atoms with Gasteiger partial charge in [0.25, 0.3) is 10.0 Å². The van der Waals surface area contributed by atoms with E-state index in [0.29, 0.717) is 31.8 Å². The molecule has 1 saturated heterocycles. The van der Waals surface area contributed by atoms with Crippen molar-refractivity contribution in [1.82, 2.24) is 9.62 Å². The van der Waals surface area contributed by atoms with Crippen LogP contribution in [0.2, 0.25) is 0 Å². The van der Waals surface area contributed by atoms with Crippen molar-refractivity contribution >= 4 is 27.5 Å². The molecule has 0 unspecified atom stereocenters. The van der Waals surface area contributed by atoms with Gasteiger partial charge in [-0.2, -0.15) is 0 Å². The Bertz CT molecular complexity index is 792. The Morgan fingerprint density at radius 3 is 2.08 bits per heavy atom. The first-order valence-corrected chi connectivity index (χ1v) is 9.96. The second-order valence-electron chi connectivity index (χ2n) is 6.68. The SMILES string of the molecule is C=C(C)C(=O)N1CCN(c2ccc(S(=O)(=O)NC(=O)C(C)C)cc2)CC1. The zero-order valence-corrected chi connectivity index (χ0v) is 16.2. The molecule has 0 atom stereocenters.